The average molecular weight is 857 g/mol. The summed E-state index contributed by atoms with van der Waals surface area (Å²) < 4.78 is 23.9. The number of carboxylic acid groups (broad SMARTS) is 2. The second-order valence-electron chi connectivity index (χ2n) is 15.3. The lowest BCUT2D eigenvalue weighted by atomic mass is 9.99. The van der Waals surface area contributed by atoms with Gasteiger partial charge >= 0.3 is 11.9 Å². The minimum atomic E-state index is -1.65. The van der Waals surface area contributed by atoms with Crippen LogP contribution in [-0.2, 0) is 28.5 Å². The molecule has 0 aromatic carbocycles. The summed E-state index contributed by atoms with van der Waals surface area (Å²) in [7, 11) is 0. The molecule has 0 aliphatic carbocycles. The molecule has 0 saturated carbocycles. The highest BCUT2D eigenvalue weighted by atomic mass is 16.7. The van der Waals surface area contributed by atoms with Crippen molar-refractivity contribution in [1.29, 1.82) is 0 Å². The molecule has 1 fully saturated rings. The van der Waals surface area contributed by atoms with Gasteiger partial charge in [0, 0.05) is 12.8 Å². The van der Waals surface area contributed by atoms with Gasteiger partial charge in [-0.1, -0.05) is 93.9 Å². The van der Waals surface area contributed by atoms with Gasteiger partial charge in [-0.15, -0.1) is 0 Å². The Kier molecular flexibility index (Phi) is 32.0. The van der Waals surface area contributed by atoms with Crippen LogP contribution < -0.4 is 0 Å². The summed E-state index contributed by atoms with van der Waals surface area (Å²) in [6.07, 6.45) is 16.7. The molecule has 60 heavy (non-hydrogen) atoms. The molecule has 9 N–H and O–H groups in total. The Bertz CT molecular complexity index is 1250. The molecule has 0 spiro atoms. The summed E-state index contributed by atoms with van der Waals surface area (Å²) in [5.74, 6) is -1.77. The molecule has 346 valence electrons. The van der Waals surface area contributed by atoms with Crippen LogP contribution in [-0.4, -0.2) is 145 Å². The number of aliphatic hydroxyl groups is 7. The Balaban J connectivity index is 3.35. The average Bonchev–Trinajstić information content (AvgIpc) is 3.22. The predicted molar refractivity (Wildman–Crippen MR) is 227 cm³/mol. The summed E-state index contributed by atoms with van der Waals surface area (Å²) in [5, 5.41) is 90.3. The molecule has 0 bridgehead atoms. The van der Waals surface area contributed by atoms with Crippen LogP contribution in [0.25, 0.3) is 0 Å². The fourth-order valence-corrected chi connectivity index (χ4v) is 6.16. The van der Waals surface area contributed by atoms with Crippen LogP contribution in [0, 0.1) is 0 Å². The summed E-state index contributed by atoms with van der Waals surface area (Å²) in [6.45, 7) is 2.99. The normalized spacial score (nSPS) is 23.2. The number of rotatable bonds is 36. The van der Waals surface area contributed by atoms with Crippen molar-refractivity contribution in [2.75, 3.05) is 19.8 Å². The Morgan fingerprint density at radius 3 is 2.02 bits per heavy atom. The van der Waals surface area contributed by atoms with Crippen LogP contribution in [0.1, 0.15) is 123 Å². The molecule has 15 nitrogen and oxygen atoms in total. The maximum Gasteiger partial charge on any atom is 0.303 e. The van der Waals surface area contributed by atoms with Gasteiger partial charge in [-0.3, -0.25) is 9.59 Å². The molecule has 1 rings (SSSR count). The minimum absolute atomic E-state index is 0.0216. The van der Waals surface area contributed by atoms with Gasteiger partial charge in [0.15, 0.2) is 6.29 Å². The van der Waals surface area contributed by atoms with Gasteiger partial charge in [0.25, 0.3) is 0 Å². The molecule has 0 amide bonds. The van der Waals surface area contributed by atoms with E-state index in [0.29, 0.717) is 57.8 Å². The smallest absolute Gasteiger partial charge is 0.303 e. The largest absolute Gasteiger partial charge is 0.481 e. The highest BCUT2D eigenvalue weighted by Gasteiger charge is 2.44. The SMILES string of the molecule is CCCC=CCC(OC(C=CC(CC=CCCCC(=O)O)OCC1OC(OCC(O)CO)C(O)C(O)C1O)CCC=CCCCCC)C(O)C=CC(O)CCCCC(=O)O. The number of allylic oxidation sites excluding steroid dienone is 4. The van der Waals surface area contributed by atoms with Crippen LogP contribution >= 0.6 is 0 Å². The van der Waals surface area contributed by atoms with E-state index in [1.165, 1.54) is 12.2 Å². The third kappa shape index (κ3) is 26.5. The van der Waals surface area contributed by atoms with Crippen molar-refractivity contribution < 1.29 is 74.5 Å². The number of hydrogen-bond donors (Lipinski definition) is 9. The van der Waals surface area contributed by atoms with E-state index in [2.05, 4.69) is 26.0 Å². The second-order valence-corrected chi connectivity index (χ2v) is 15.3. The zero-order valence-corrected chi connectivity index (χ0v) is 35.7. The first kappa shape index (κ1) is 55.2. The molecule has 0 aromatic rings. The van der Waals surface area contributed by atoms with E-state index >= 15 is 0 Å². The first-order chi connectivity index (χ1) is 28.8. The zero-order valence-electron chi connectivity index (χ0n) is 35.7. The number of aliphatic carboxylic acids is 2. The Morgan fingerprint density at radius 2 is 1.32 bits per heavy atom. The molecule has 1 aliphatic rings. The van der Waals surface area contributed by atoms with E-state index in [1.807, 2.05) is 30.4 Å². The monoisotopic (exact) mass is 857 g/mol. The van der Waals surface area contributed by atoms with E-state index < -0.39 is 92.5 Å². The highest BCUT2D eigenvalue weighted by Crippen LogP contribution is 2.24. The van der Waals surface area contributed by atoms with Gasteiger partial charge < -0.3 is 64.9 Å². The van der Waals surface area contributed by atoms with E-state index in [0.717, 1.165) is 38.5 Å². The number of hydrogen-bond acceptors (Lipinski definition) is 13. The molecule has 0 aromatic heterocycles. The summed E-state index contributed by atoms with van der Waals surface area (Å²) >= 11 is 0. The van der Waals surface area contributed by atoms with E-state index in [1.54, 1.807) is 6.08 Å². The second kappa shape index (κ2) is 34.7. The van der Waals surface area contributed by atoms with Crippen molar-refractivity contribution >= 4 is 11.9 Å². The third-order valence-corrected chi connectivity index (χ3v) is 9.79. The molecule has 15 heteroatoms. The first-order valence-corrected chi connectivity index (χ1v) is 21.8. The standard InChI is InChI=1S/C45H76O15/c1-3-5-7-9-10-11-15-22-36(59-38(23-16-8-6-4-2)37(49)29-26-33(47)20-18-19-25-41(52)53)28-27-35(21-14-12-13-17-24-40(50)51)57-32-39-42(54)43(55)44(56)45(60-39)58-31-34(48)30-46/h8,10-12,14,16,26-29,33-39,42-49,54-56H,3-7,9,13,15,17-25,30-32H2,1-2H3,(H,50,51)(H,52,53). The van der Waals surface area contributed by atoms with E-state index in [-0.39, 0.29) is 19.4 Å². The quantitative estimate of drug-likeness (QED) is 0.0307. The van der Waals surface area contributed by atoms with Crippen molar-refractivity contribution in [3.05, 3.63) is 60.8 Å². The number of unbranched alkanes of at least 4 members (excludes halogenated alkanes) is 6. The van der Waals surface area contributed by atoms with Crippen molar-refractivity contribution in [3.8, 4) is 0 Å². The highest BCUT2D eigenvalue weighted by molar-refractivity contribution is 5.66. The van der Waals surface area contributed by atoms with Crippen LogP contribution in [0.5, 0.6) is 0 Å². The predicted octanol–water partition coefficient (Wildman–Crippen LogP) is 4.65. The van der Waals surface area contributed by atoms with Crippen LogP contribution in [0.3, 0.4) is 0 Å². The molecule has 1 saturated heterocycles. The van der Waals surface area contributed by atoms with Crippen molar-refractivity contribution in [2.24, 2.45) is 0 Å². The maximum atomic E-state index is 11.3. The number of ether oxygens (including phenoxy) is 4. The van der Waals surface area contributed by atoms with Crippen molar-refractivity contribution in [3.63, 3.8) is 0 Å². The lowest BCUT2D eigenvalue weighted by Crippen LogP contribution is -2.59. The maximum absolute atomic E-state index is 11.3. The van der Waals surface area contributed by atoms with Crippen molar-refractivity contribution in [2.45, 2.75) is 190 Å². The van der Waals surface area contributed by atoms with E-state index in [4.69, 9.17) is 34.3 Å². The molecule has 11 atom stereocenters. The Labute approximate surface area is 356 Å². The van der Waals surface area contributed by atoms with Crippen LogP contribution in [0.15, 0.2) is 60.8 Å². The fourth-order valence-electron chi connectivity index (χ4n) is 6.16. The van der Waals surface area contributed by atoms with Crippen molar-refractivity contribution in [1.82, 2.24) is 0 Å². The molecular formula is C45H76O15. The number of carbonyl (C=O) groups is 2. The summed E-state index contributed by atoms with van der Waals surface area (Å²) in [6, 6.07) is 0. The first-order valence-electron chi connectivity index (χ1n) is 21.8. The van der Waals surface area contributed by atoms with E-state index in [9.17, 15) is 40.2 Å². The lowest BCUT2D eigenvalue weighted by molar-refractivity contribution is -0.307. The lowest BCUT2D eigenvalue weighted by Gasteiger charge is -2.40. The van der Waals surface area contributed by atoms with Crippen LogP contribution in [0.2, 0.25) is 0 Å². The van der Waals surface area contributed by atoms with Gasteiger partial charge in [0.1, 0.15) is 30.5 Å². The van der Waals surface area contributed by atoms with Gasteiger partial charge in [0.05, 0.1) is 50.3 Å². The number of carboxylic acids is 2. The zero-order chi connectivity index (χ0) is 44.5. The fraction of sp³-hybridized carbons (Fsp3) is 0.733. The molecule has 0 radical (unpaired) electrons. The molecule has 11 unspecified atom stereocenters. The Morgan fingerprint density at radius 1 is 0.667 bits per heavy atom. The number of aliphatic hydroxyl groups excluding tert-OH is 7. The Hall–Kier alpha value is -2.80. The molecule has 1 aliphatic heterocycles. The minimum Gasteiger partial charge on any atom is -0.481 e. The van der Waals surface area contributed by atoms with Gasteiger partial charge in [-0.25, -0.2) is 0 Å². The van der Waals surface area contributed by atoms with Gasteiger partial charge in [-0.2, -0.15) is 0 Å². The third-order valence-electron chi connectivity index (χ3n) is 9.79. The molecule has 1 heterocycles. The summed E-state index contributed by atoms with van der Waals surface area (Å²) in [5.41, 5.74) is 0. The topological polar surface area (TPSA) is 253 Å². The van der Waals surface area contributed by atoms with Gasteiger partial charge in [-0.05, 0) is 77.0 Å². The van der Waals surface area contributed by atoms with Gasteiger partial charge in [0.2, 0.25) is 0 Å². The molecular weight excluding hydrogens is 780 g/mol. The van der Waals surface area contributed by atoms with Crippen LogP contribution in [0.4, 0.5) is 0 Å². The summed E-state index contributed by atoms with van der Waals surface area (Å²) in [4.78, 5) is 21.8.